The maximum atomic E-state index is 9.48. The molecule has 0 saturated heterocycles. The molecule has 2 N–H and O–H groups in total. The molecule has 1 aliphatic carbocycles. The minimum absolute atomic E-state index is 0.0503. The summed E-state index contributed by atoms with van der Waals surface area (Å²) < 4.78 is 0. The molecule has 1 aromatic rings. The van der Waals surface area contributed by atoms with E-state index in [0.717, 1.165) is 18.5 Å². The molecule has 0 radical (unpaired) electrons. The van der Waals surface area contributed by atoms with Gasteiger partial charge in [-0.25, -0.2) is 0 Å². The van der Waals surface area contributed by atoms with Crippen LogP contribution in [0.2, 0.25) is 10.0 Å². The molecule has 17 heavy (non-hydrogen) atoms. The Balaban J connectivity index is 2.10. The lowest BCUT2D eigenvalue weighted by atomic mass is 9.92. The standard InChI is InChI=1S/C13H17Cl2NO/c1-13(2)4-3-8(7-13)16-9-5-10(14)12(17)11(15)6-9/h5-6,8,16-17H,3-4,7H2,1-2H3. The fraction of sp³-hybridized carbons (Fsp3) is 0.538. The van der Waals surface area contributed by atoms with Gasteiger partial charge in [-0.15, -0.1) is 0 Å². The zero-order chi connectivity index (χ0) is 12.6. The molecule has 2 rings (SSSR count). The van der Waals surface area contributed by atoms with Crippen molar-refractivity contribution in [1.82, 2.24) is 0 Å². The first kappa shape index (κ1) is 12.8. The van der Waals surface area contributed by atoms with E-state index in [-0.39, 0.29) is 15.8 Å². The molecule has 0 bridgehead atoms. The van der Waals surface area contributed by atoms with Gasteiger partial charge in [-0.3, -0.25) is 0 Å². The first-order valence-electron chi connectivity index (χ1n) is 5.82. The quantitative estimate of drug-likeness (QED) is 0.767. The number of hydrogen-bond donors (Lipinski definition) is 2. The summed E-state index contributed by atoms with van der Waals surface area (Å²) in [7, 11) is 0. The van der Waals surface area contributed by atoms with E-state index in [2.05, 4.69) is 19.2 Å². The van der Waals surface area contributed by atoms with Crippen LogP contribution in [0, 0.1) is 5.41 Å². The molecule has 1 unspecified atom stereocenters. The Bertz CT molecular complexity index is 408. The number of halogens is 2. The number of phenols is 1. The molecule has 1 fully saturated rings. The molecule has 94 valence electrons. The third-order valence-electron chi connectivity index (χ3n) is 3.36. The lowest BCUT2D eigenvalue weighted by Crippen LogP contribution is -2.17. The predicted octanol–water partition coefficient (Wildman–Crippen LogP) is 4.69. The van der Waals surface area contributed by atoms with Crippen LogP contribution < -0.4 is 5.32 Å². The zero-order valence-corrected chi connectivity index (χ0v) is 11.6. The summed E-state index contributed by atoms with van der Waals surface area (Å²) in [4.78, 5) is 0. The Morgan fingerprint density at radius 3 is 2.35 bits per heavy atom. The van der Waals surface area contributed by atoms with Gasteiger partial charge in [0.15, 0.2) is 5.75 Å². The van der Waals surface area contributed by atoms with Gasteiger partial charge in [-0.05, 0) is 36.8 Å². The van der Waals surface area contributed by atoms with E-state index in [1.54, 1.807) is 12.1 Å². The summed E-state index contributed by atoms with van der Waals surface area (Å²) in [6.45, 7) is 4.57. The fourth-order valence-electron chi connectivity index (χ4n) is 2.44. The topological polar surface area (TPSA) is 32.3 Å². The number of rotatable bonds is 2. The first-order chi connectivity index (χ1) is 7.87. The van der Waals surface area contributed by atoms with Gasteiger partial charge in [0, 0.05) is 11.7 Å². The number of phenolic OH excluding ortho intramolecular Hbond substituents is 1. The number of hydrogen-bond acceptors (Lipinski definition) is 2. The van der Waals surface area contributed by atoms with Crippen molar-refractivity contribution in [3.05, 3.63) is 22.2 Å². The minimum Gasteiger partial charge on any atom is -0.505 e. The molecule has 2 nitrogen and oxygen atoms in total. The van der Waals surface area contributed by atoms with Crippen molar-refractivity contribution in [2.45, 2.75) is 39.2 Å². The molecule has 1 atom stereocenters. The highest BCUT2D eigenvalue weighted by atomic mass is 35.5. The van der Waals surface area contributed by atoms with Crippen molar-refractivity contribution >= 4 is 28.9 Å². The van der Waals surface area contributed by atoms with E-state index in [1.165, 1.54) is 6.42 Å². The molecule has 4 heteroatoms. The smallest absolute Gasteiger partial charge is 0.152 e. The van der Waals surface area contributed by atoms with E-state index < -0.39 is 0 Å². The Morgan fingerprint density at radius 1 is 1.29 bits per heavy atom. The summed E-state index contributed by atoms with van der Waals surface area (Å²) in [6.07, 6.45) is 3.52. The fourth-order valence-corrected chi connectivity index (χ4v) is 2.93. The highest BCUT2D eigenvalue weighted by Gasteiger charge is 2.30. The number of anilines is 1. The normalized spacial score (nSPS) is 22.7. The van der Waals surface area contributed by atoms with E-state index in [1.807, 2.05) is 0 Å². The van der Waals surface area contributed by atoms with Gasteiger partial charge in [0.05, 0.1) is 10.0 Å². The molecule has 0 spiro atoms. The van der Waals surface area contributed by atoms with Gasteiger partial charge in [0.2, 0.25) is 0 Å². The van der Waals surface area contributed by atoms with Crippen LogP contribution in [0.1, 0.15) is 33.1 Å². The van der Waals surface area contributed by atoms with Crippen LogP contribution in [-0.4, -0.2) is 11.1 Å². The summed E-state index contributed by atoms with van der Waals surface area (Å²) in [5.74, 6) is -0.0503. The van der Waals surface area contributed by atoms with Crippen molar-refractivity contribution in [2.24, 2.45) is 5.41 Å². The monoisotopic (exact) mass is 273 g/mol. The van der Waals surface area contributed by atoms with Gasteiger partial charge in [-0.1, -0.05) is 37.0 Å². The summed E-state index contributed by atoms with van der Waals surface area (Å²) in [5.41, 5.74) is 1.28. The first-order valence-corrected chi connectivity index (χ1v) is 6.57. The van der Waals surface area contributed by atoms with E-state index in [0.29, 0.717) is 11.5 Å². The van der Waals surface area contributed by atoms with Crippen LogP contribution >= 0.6 is 23.2 Å². The second kappa shape index (κ2) is 4.58. The Hall–Kier alpha value is -0.600. The summed E-state index contributed by atoms with van der Waals surface area (Å²) in [6, 6.07) is 3.89. The van der Waals surface area contributed by atoms with Gasteiger partial charge in [-0.2, -0.15) is 0 Å². The molecule has 0 aromatic heterocycles. The zero-order valence-electron chi connectivity index (χ0n) is 10.1. The Labute approximate surface area is 112 Å². The van der Waals surface area contributed by atoms with Crippen LogP contribution in [0.3, 0.4) is 0 Å². The average molecular weight is 274 g/mol. The van der Waals surface area contributed by atoms with Crippen molar-refractivity contribution in [2.75, 3.05) is 5.32 Å². The maximum Gasteiger partial charge on any atom is 0.152 e. The highest BCUT2D eigenvalue weighted by Crippen LogP contribution is 2.40. The maximum absolute atomic E-state index is 9.48. The lowest BCUT2D eigenvalue weighted by molar-refractivity contribution is 0.378. The molecular formula is C13H17Cl2NO. The highest BCUT2D eigenvalue weighted by molar-refractivity contribution is 6.37. The average Bonchev–Trinajstić information content (AvgIpc) is 2.54. The molecule has 0 amide bonds. The summed E-state index contributed by atoms with van der Waals surface area (Å²) in [5, 5.41) is 13.5. The third kappa shape index (κ3) is 2.99. The SMILES string of the molecule is CC1(C)CCC(Nc2cc(Cl)c(O)c(Cl)c2)C1. The third-order valence-corrected chi connectivity index (χ3v) is 3.93. The molecule has 1 saturated carbocycles. The number of aromatic hydroxyl groups is 1. The van der Waals surface area contributed by atoms with Crippen molar-refractivity contribution in [3.8, 4) is 5.75 Å². The van der Waals surface area contributed by atoms with Crippen molar-refractivity contribution in [1.29, 1.82) is 0 Å². The van der Waals surface area contributed by atoms with E-state index >= 15 is 0 Å². The predicted molar refractivity (Wildman–Crippen MR) is 73.2 cm³/mol. The Kier molecular flexibility index (Phi) is 3.46. The van der Waals surface area contributed by atoms with Crippen molar-refractivity contribution in [3.63, 3.8) is 0 Å². The van der Waals surface area contributed by atoms with Gasteiger partial charge in [0.1, 0.15) is 0 Å². The van der Waals surface area contributed by atoms with Crippen LogP contribution in [-0.2, 0) is 0 Å². The van der Waals surface area contributed by atoms with E-state index in [9.17, 15) is 5.11 Å². The van der Waals surface area contributed by atoms with Gasteiger partial charge >= 0.3 is 0 Å². The number of benzene rings is 1. The molecule has 0 heterocycles. The largest absolute Gasteiger partial charge is 0.505 e. The van der Waals surface area contributed by atoms with Crippen LogP contribution in [0.5, 0.6) is 5.75 Å². The minimum atomic E-state index is -0.0503. The molecule has 0 aliphatic heterocycles. The van der Waals surface area contributed by atoms with E-state index in [4.69, 9.17) is 23.2 Å². The van der Waals surface area contributed by atoms with Crippen LogP contribution in [0.25, 0.3) is 0 Å². The number of nitrogens with one attached hydrogen (secondary N) is 1. The second-order valence-electron chi connectivity index (χ2n) is 5.54. The summed E-state index contributed by atoms with van der Waals surface area (Å²) >= 11 is 11.8. The molecule has 1 aromatic carbocycles. The molecular weight excluding hydrogens is 257 g/mol. The molecule has 1 aliphatic rings. The van der Waals surface area contributed by atoms with Crippen molar-refractivity contribution < 1.29 is 5.11 Å². The Morgan fingerprint density at radius 2 is 1.88 bits per heavy atom. The second-order valence-corrected chi connectivity index (χ2v) is 6.35. The lowest BCUT2D eigenvalue weighted by Gasteiger charge is -2.19. The van der Waals surface area contributed by atoms with Gasteiger partial charge < -0.3 is 10.4 Å². The van der Waals surface area contributed by atoms with Gasteiger partial charge in [0.25, 0.3) is 0 Å². The van der Waals surface area contributed by atoms with Crippen LogP contribution in [0.4, 0.5) is 5.69 Å². The van der Waals surface area contributed by atoms with Crippen LogP contribution in [0.15, 0.2) is 12.1 Å².